The lowest BCUT2D eigenvalue weighted by atomic mass is 9.98. The van der Waals surface area contributed by atoms with Crippen LogP contribution >= 0.6 is 0 Å². The second-order valence-corrected chi connectivity index (χ2v) is 6.19. The largest absolute Gasteiger partial charge is 0.341 e. The number of nitrogens with one attached hydrogen (secondary N) is 1. The van der Waals surface area contributed by atoms with Crippen LogP contribution in [0.2, 0.25) is 0 Å². The summed E-state index contributed by atoms with van der Waals surface area (Å²) in [5, 5.41) is 2.74. The first-order valence-electron chi connectivity index (χ1n) is 7.09. The molecule has 1 N–H and O–H groups in total. The molecule has 0 unspecified atom stereocenters. The Hall–Kier alpha value is -1.06. The third kappa shape index (κ3) is 3.03. The van der Waals surface area contributed by atoms with Gasteiger partial charge in [0.1, 0.15) is 5.54 Å². The topological polar surface area (TPSA) is 49.4 Å². The second-order valence-electron chi connectivity index (χ2n) is 6.19. The number of carbonyl (C=O) groups excluding carboxylic acids is 2. The highest BCUT2D eigenvalue weighted by atomic mass is 16.2. The second kappa shape index (κ2) is 5.29. The highest BCUT2D eigenvalue weighted by Crippen LogP contribution is 2.28. The van der Waals surface area contributed by atoms with Gasteiger partial charge in [0.2, 0.25) is 11.8 Å². The summed E-state index contributed by atoms with van der Waals surface area (Å²) in [5.41, 5.74) is -0.733. The van der Waals surface area contributed by atoms with E-state index in [-0.39, 0.29) is 18.4 Å². The Bertz CT molecular complexity index is 333. The van der Waals surface area contributed by atoms with Gasteiger partial charge in [0.05, 0.1) is 6.54 Å². The molecule has 4 nitrogen and oxygen atoms in total. The average Bonchev–Trinajstić information content (AvgIpc) is 2.77. The van der Waals surface area contributed by atoms with Crippen LogP contribution in [0.15, 0.2) is 0 Å². The Morgan fingerprint density at radius 2 is 1.94 bits per heavy atom. The Morgan fingerprint density at radius 1 is 1.28 bits per heavy atom. The molecule has 1 heterocycles. The van der Waals surface area contributed by atoms with Crippen molar-refractivity contribution in [3.05, 3.63) is 0 Å². The normalized spacial score (nSPS) is 24.4. The summed E-state index contributed by atoms with van der Waals surface area (Å²) in [6.45, 7) is 4.51. The van der Waals surface area contributed by atoms with Crippen molar-refractivity contribution in [3.63, 3.8) is 0 Å². The van der Waals surface area contributed by atoms with Gasteiger partial charge in [0, 0.05) is 6.54 Å². The van der Waals surface area contributed by atoms with Gasteiger partial charge in [0.25, 0.3) is 0 Å². The molecular weight excluding hydrogens is 228 g/mol. The standard InChI is InChI=1S/C14H24N2O2/c1-14(2)13(18)16(10-12(17)15-14)9-5-8-11-6-3-4-7-11/h11H,3-10H2,1-2H3,(H,15,17). The lowest BCUT2D eigenvalue weighted by Crippen LogP contribution is -2.63. The van der Waals surface area contributed by atoms with E-state index in [2.05, 4.69) is 5.32 Å². The first-order valence-corrected chi connectivity index (χ1v) is 7.09. The van der Waals surface area contributed by atoms with Gasteiger partial charge in [-0.05, 0) is 32.6 Å². The predicted octanol–water partition coefficient (Wildman–Crippen LogP) is 1.69. The molecule has 2 amide bonds. The molecule has 2 aliphatic rings. The maximum absolute atomic E-state index is 12.1. The molecular formula is C14H24N2O2. The van der Waals surface area contributed by atoms with Crippen molar-refractivity contribution in [1.82, 2.24) is 10.2 Å². The summed E-state index contributed by atoms with van der Waals surface area (Å²) in [7, 11) is 0. The minimum atomic E-state index is -0.733. The van der Waals surface area contributed by atoms with Crippen LogP contribution in [-0.4, -0.2) is 35.3 Å². The van der Waals surface area contributed by atoms with E-state index in [1.54, 1.807) is 18.7 Å². The summed E-state index contributed by atoms with van der Waals surface area (Å²) in [5.74, 6) is 0.862. The Kier molecular flexibility index (Phi) is 3.93. The summed E-state index contributed by atoms with van der Waals surface area (Å²) >= 11 is 0. The molecule has 0 aromatic carbocycles. The molecule has 0 aromatic rings. The van der Waals surface area contributed by atoms with E-state index in [0.717, 1.165) is 18.9 Å². The van der Waals surface area contributed by atoms with Crippen molar-refractivity contribution in [2.75, 3.05) is 13.1 Å². The molecule has 2 fully saturated rings. The van der Waals surface area contributed by atoms with Crippen LogP contribution in [0.5, 0.6) is 0 Å². The summed E-state index contributed by atoms with van der Waals surface area (Å²) in [6, 6.07) is 0. The third-order valence-electron chi connectivity index (χ3n) is 4.12. The summed E-state index contributed by atoms with van der Waals surface area (Å²) in [6.07, 6.45) is 7.65. The average molecular weight is 252 g/mol. The molecule has 4 heteroatoms. The fourth-order valence-electron chi connectivity index (χ4n) is 3.13. The molecule has 2 rings (SSSR count). The number of hydrogen-bond acceptors (Lipinski definition) is 2. The van der Waals surface area contributed by atoms with Crippen LogP contribution in [0.4, 0.5) is 0 Å². The van der Waals surface area contributed by atoms with E-state index >= 15 is 0 Å². The summed E-state index contributed by atoms with van der Waals surface area (Å²) < 4.78 is 0. The van der Waals surface area contributed by atoms with Gasteiger partial charge in [0.15, 0.2) is 0 Å². The Balaban J connectivity index is 1.80. The van der Waals surface area contributed by atoms with Crippen molar-refractivity contribution in [1.29, 1.82) is 0 Å². The Labute approximate surface area is 109 Å². The zero-order chi connectivity index (χ0) is 13.2. The van der Waals surface area contributed by atoms with Crippen LogP contribution in [0.1, 0.15) is 52.4 Å². The minimum Gasteiger partial charge on any atom is -0.341 e. The highest BCUT2D eigenvalue weighted by molar-refractivity contribution is 5.97. The van der Waals surface area contributed by atoms with E-state index in [4.69, 9.17) is 0 Å². The van der Waals surface area contributed by atoms with Gasteiger partial charge in [-0.1, -0.05) is 25.7 Å². The molecule has 18 heavy (non-hydrogen) atoms. The van der Waals surface area contributed by atoms with Crippen molar-refractivity contribution in [2.24, 2.45) is 5.92 Å². The van der Waals surface area contributed by atoms with E-state index in [0.29, 0.717) is 0 Å². The number of nitrogens with zero attached hydrogens (tertiary/aromatic N) is 1. The lowest BCUT2D eigenvalue weighted by molar-refractivity contribution is -0.148. The van der Waals surface area contributed by atoms with Crippen molar-refractivity contribution < 1.29 is 9.59 Å². The van der Waals surface area contributed by atoms with Gasteiger partial charge in [-0.2, -0.15) is 0 Å². The molecule has 0 aromatic heterocycles. The minimum absolute atomic E-state index is 0.0412. The van der Waals surface area contributed by atoms with Crippen molar-refractivity contribution in [2.45, 2.75) is 57.9 Å². The predicted molar refractivity (Wildman–Crippen MR) is 70.0 cm³/mol. The van der Waals surface area contributed by atoms with E-state index in [1.165, 1.54) is 32.1 Å². The monoisotopic (exact) mass is 252 g/mol. The number of piperazine rings is 1. The number of amides is 2. The zero-order valence-corrected chi connectivity index (χ0v) is 11.5. The quantitative estimate of drug-likeness (QED) is 0.828. The molecule has 0 atom stereocenters. The Morgan fingerprint density at radius 3 is 2.61 bits per heavy atom. The fourth-order valence-corrected chi connectivity index (χ4v) is 3.13. The molecule has 1 aliphatic carbocycles. The molecule has 0 bridgehead atoms. The molecule has 1 aliphatic heterocycles. The van der Waals surface area contributed by atoms with Crippen LogP contribution in [0.25, 0.3) is 0 Å². The summed E-state index contributed by atoms with van der Waals surface area (Å²) in [4.78, 5) is 25.4. The van der Waals surface area contributed by atoms with Crippen LogP contribution < -0.4 is 5.32 Å². The number of carbonyl (C=O) groups is 2. The van der Waals surface area contributed by atoms with Crippen LogP contribution in [0, 0.1) is 5.92 Å². The van der Waals surface area contributed by atoms with Gasteiger partial charge in [-0.25, -0.2) is 0 Å². The molecule has 102 valence electrons. The number of hydrogen-bond donors (Lipinski definition) is 1. The van der Waals surface area contributed by atoms with E-state index in [9.17, 15) is 9.59 Å². The lowest BCUT2D eigenvalue weighted by Gasteiger charge is -2.37. The molecule has 1 saturated carbocycles. The molecule has 1 saturated heterocycles. The van der Waals surface area contributed by atoms with Crippen molar-refractivity contribution >= 4 is 11.8 Å². The molecule has 0 radical (unpaired) electrons. The maximum Gasteiger partial charge on any atom is 0.248 e. The van der Waals surface area contributed by atoms with E-state index in [1.807, 2.05) is 0 Å². The van der Waals surface area contributed by atoms with Gasteiger partial charge in [-0.15, -0.1) is 0 Å². The first kappa shape index (κ1) is 13.4. The fraction of sp³-hybridized carbons (Fsp3) is 0.857. The smallest absolute Gasteiger partial charge is 0.248 e. The third-order valence-corrected chi connectivity index (χ3v) is 4.12. The van der Waals surface area contributed by atoms with Crippen LogP contribution in [-0.2, 0) is 9.59 Å². The van der Waals surface area contributed by atoms with Crippen molar-refractivity contribution in [3.8, 4) is 0 Å². The first-order chi connectivity index (χ1) is 8.49. The van der Waals surface area contributed by atoms with E-state index < -0.39 is 5.54 Å². The molecule has 0 spiro atoms. The van der Waals surface area contributed by atoms with Crippen LogP contribution in [0.3, 0.4) is 0 Å². The van der Waals surface area contributed by atoms with Gasteiger partial charge in [-0.3, -0.25) is 9.59 Å². The van der Waals surface area contributed by atoms with Gasteiger partial charge < -0.3 is 10.2 Å². The maximum atomic E-state index is 12.1. The highest BCUT2D eigenvalue weighted by Gasteiger charge is 2.38. The number of rotatable bonds is 4. The van der Waals surface area contributed by atoms with Gasteiger partial charge >= 0.3 is 0 Å². The SMILES string of the molecule is CC1(C)NC(=O)CN(CCCC2CCCC2)C1=O. The zero-order valence-electron chi connectivity index (χ0n) is 11.5.